The number of aromatic amines is 1. The highest BCUT2D eigenvalue weighted by Gasteiger charge is 2.14. The number of nitrogens with one attached hydrogen (secondary N) is 1. The van der Waals surface area contributed by atoms with Crippen LogP contribution < -0.4 is 11.2 Å². The summed E-state index contributed by atoms with van der Waals surface area (Å²) in [6.07, 6.45) is 3.21. The van der Waals surface area contributed by atoms with Gasteiger partial charge in [-0.1, -0.05) is 65.7 Å². The summed E-state index contributed by atoms with van der Waals surface area (Å²) in [5.74, 6) is 0. The highest BCUT2D eigenvalue weighted by atomic mass is 35.5. The summed E-state index contributed by atoms with van der Waals surface area (Å²) in [6.45, 7) is 0. The van der Waals surface area contributed by atoms with Gasteiger partial charge >= 0.3 is 5.69 Å². The fraction of sp³-hybridized carbons (Fsp3) is 0. The number of H-pyrrole nitrogens is 1. The van der Waals surface area contributed by atoms with Crippen molar-refractivity contribution < 1.29 is 0 Å². The van der Waals surface area contributed by atoms with E-state index in [4.69, 9.17) is 23.2 Å². The van der Waals surface area contributed by atoms with Gasteiger partial charge < -0.3 is 4.98 Å². The second-order valence-corrected chi connectivity index (χ2v) is 7.60. The Morgan fingerprint density at radius 3 is 2.57 bits per heavy atom. The molecule has 0 atom stereocenters. The fourth-order valence-electron chi connectivity index (χ4n) is 3.61. The number of fused-ring (bicyclic) bond motifs is 2. The van der Waals surface area contributed by atoms with Crippen LogP contribution >= 0.6 is 23.2 Å². The van der Waals surface area contributed by atoms with E-state index < -0.39 is 11.2 Å². The largest absolute Gasteiger partial charge is 0.333 e. The Bertz CT molecular complexity index is 1570. The smallest absolute Gasteiger partial charge is 0.306 e. The van der Waals surface area contributed by atoms with Gasteiger partial charge in [-0.25, -0.2) is 9.36 Å². The molecular weight excluding hydrogens is 421 g/mol. The van der Waals surface area contributed by atoms with E-state index in [0.29, 0.717) is 32.2 Å². The van der Waals surface area contributed by atoms with E-state index in [9.17, 15) is 9.59 Å². The topological polar surface area (TPSA) is 67.8 Å². The number of benzene rings is 3. The van der Waals surface area contributed by atoms with Gasteiger partial charge in [0.2, 0.25) is 0 Å². The summed E-state index contributed by atoms with van der Waals surface area (Å²) in [5, 5.41) is 2.83. The van der Waals surface area contributed by atoms with Crippen LogP contribution in [-0.2, 0) is 0 Å². The van der Waals surface area contributed by atoms with Crippen molar-refractivity contribution in [3.8, 4) is 16.8 Å². The molecule has 0 aliphatic carbocycles. The minimum Gasteiger partial charge on any atom is -0.306 e. The van der Waals surface area contributed by atoms with Crippen LogP contribution in [0.5, 0.6) is 0 Å². The standard InChI is InChI=1S/C23H13Cl2N3O2/c24-18-7-3-6-16(21(18)25)13-8-9-17-19(10-13)27-23(30)28(22(17)29)20-12-26-11-14-4-1-2-5-15(14)20/h1-12H,(H,27,30). The molecule has 0 aliphatic rings. The Labute approximate surface area is 180 Å². The van der Waals surface area contributed by atoms with Crippen molar-refractivity contribution in [2.24, 2.45) is 0 Å². The normalized spacial score (nSPS) is 11.3. The molecule has 0 radical (unpaired) electrons. The third-order valence-electron chi connectivity index (χ3n) is 5.05. The van der Waals surface area contributed by atoms with Crippen LogP contribution in [0.25, 0.3) is 38.5 Å². The maximum atomic E-state index is 13.2. The molecule has 0 unspecified atom stereocenters. The highest BCUT2D eigenvalue weighted by Crippen LogP contribution is 2.34. The van der Waals surface area contributed by atoms with Crippen LogP contribution in [0.2, 0.25) is 10.0 Å². The summed E-state index contributed by atoms with van der Waals surface area (Å²) < 4.78 is 1.11. The predicted molar refractivity (Wildman–Crippen MR) is 121 cm³/mol. The van der Waals surface area contributed by atoms with Gasteiger partial charge in [0.05, 0.1) is 32.8 Å². The van der Waals surface area contributed by atoms with E-state index in [-0.39, 0.29) is 0 Å². The number of aromatic nitrogens is 3. The number of halogens is 2. The molecule has 3 aromatic carbocycles. The molecule has 5 rings (SSSR count). The van der Waals surface area contributed by atoms with Gasteiger partial charge in [-0.15, -0.1) is 0 Å². The average molecular weight is 434 g/mol. The van der Waals surface area contributed by atoms with E-state index in [0.717, 1.165) is 20.9 Å². The van der Waals surface area contributed by atoms with Crippen LogP contribution in [0.3, 0.4) is 0 Å². The summed E-state index contributed by atoms with van der Waals surface area (Å²) in [6, 6.07) is 18.0. The van der Waals surface area contributed by atoms with Crippen LogP contribution in [0, 0.1) is 0 Å². The lowest BCUT2D eigenvalue weighted by atomic mass is 10.0. The molecule has 2 heterocycles. The zero-order chi connectivity index (χ0) is 20.8. The van der Waals surface area contributed by atoms with E-state index >= 15 is 0 Å². The van der Waals surface area contributed by atoms with Crippen molar-refractivity contribution in [1.29, 1.82) is 0 Å². The van der Waals surface area contributed by atoms with Crippen molar-refractivity contribution in [2.75, 3.05) is 0 Å². The van der Waals surface area contributed by atoms with Gasteiger partial charge in [-0.2, -0.15) is 0 Å². The van der Waals surface area contributed by atoms with Crippen molar-refractivity contribution >= 4 is 44.9 Å². The van der Waals surface area contributed by atoms with Gasteiger partial charge in [0, 0.05) is 22.5 Å². The van der Waals surface area contributed by atoms with Gasteiger partial charge in [-0.3, -0.25) is 9.78 Å². The summed E-state index contributed by atoms with van der Waals surface area (Å²) >= 11 is 12.4. The minimum atomic E-state index is -0.542. The molecule has 0 amide bonds. The summed E-state index contributed by atoms with van der Waals surface area (Å²) in [4.78, 5) is 33.1. The lowest BCUT2D eigenvalue weighted by molar-refractivity contribution is 0.902. The van der Waals surface area contributed by atoms with Gasteiger partial charge in [0.25, 0.3) is 5.56 Å². The second-order valence-electron chi connectivity index (χ2n) is 6.81. The maximum absolute atomic E-state index is 13.2. The zero-order valence-electron chi connectivity index (χ0n) is 15.4. The van der Waals surface area contributed by atoms with Crippen LogP contribution in [0.1, 0.15) is 0 Å². The molecule has 30 heavy (non-hydrogen) atoms. The Kier molecular flexibility index (Phi) is 4.42. The van der Waals surface area contributed by atoms with Gasteiger partial charge in [0.1, 0.15) is 0 Å². The molecular formula is C23H13Cl2N3O2. The van der Waals surface area contributed by atoms with Gasteiger partial charge in [-0.05, 0) is 23.8 Å². The first kappa shape index (κ1) is 18.6. The molecule has 7 heteroatoms. The number of rotatable bonds is 2. The number of nitrogens with zero attached hydrogens (tertiary/aromatic N) is 2. The molecule has 0 fully saturated rings. The first-order valence-electron chi connectivity index (χ1n) is 9.11. The van der Waals surface area contributed by atoms with Crippen molar-refractivity contribution in [3.63, 3.8) is 0 Å². The van der Waals surface area contributed by atoms with E-state index in [2.05, 4.69) is 9.97 Å². The van der Waals surface area contributed by atoms with Crippen LogP contribution in [0.15, 0.2) is 82.6 Å². The molecule has 1 N–H and O–H groups in total. The first-order valence-corrected chi connectivity index (χ1v) is 9.87. The maximum Gasteiger partial charge on any atom is 0.333 e. The van der Waals surface area contributed by atoms with Gasteiger partial charge in [0.15, 0.2) is 0 Å². The quantitative estimate of drug-likeness (QED) is 0.415. The third-order valence-corrected chi connectivity index (χ3v) is 5.87. The molecule has 0 saturated carbocycles. The second kappa shape index (κ2) is 7.13. The molecule has 146 valence electrons. The van der Waals surface area contributed by atoms with Crippen molar-refractivity contribution in [3.05, 3.63) is 104 Å². The molecule has 0 bridgehead atoms. The first-order chi connectivity index (χ1) is 14.5. The van der Waals surface area contributed by atoms with Crippen molar-refractivity contribution in [1.82, 2.24) is 14.5 Å². The molecule has 5 nitrogen and oxygen atoms in total. The Morgan fingerprint density at radius 2 is 1.70 bits per heavy atom. The molecule has 0 spiro atoms. The third kappa shape index (κ3) is 2.91. The fourth-order valence-corrected chi connectivity index (χ4v) is 4.02. The molecule has 5 aromatic rings. The predicted octanol–water partition coefficient (Wildman–Crippen LogP) is 5.20. The number of pyridine rings is 1. The number of hydrogen-bond acceptors (Lipinski definition) is 3. The minimum absolute atomic E-state index is 0.379. The summed E-state index contributed by atoms with van der Waals surface area (Å²) in [5.41, 5.74) is 1.35. The van der Waals surface area contributed by atoms with Crippen LogP contribution in [-0.4, -0.2) is 14.5 Å². The van der Waals surface area contributed by atoms with Crippen LogP contribution in [0.4, 0.5) is 0 Å². The Balaban J connectivity index is 1.77. The summed E-state index contributed by atoms with van der Waals surface area (Å²) in [7, 11) is 0. The lowest BCUT2D eigenvalue weighted by Crippen LogP contribution is -2.33. The monoisotopic (exact) mass is 433 g/mol. The average Bonchev–Trinajstić information content (AvgIpc) is 2.75. The highest BCUT2D eigenvalue weighted by molar-refractivity contribution is 6.43. The molecule has 0 saturated heterocycles. The lowest BCUT2D eigenvalue weighted by Gasteiger charge is -2.11. The van der Waals surface area contributed by atoms with E-state index in [1.807, 2.05) is 30.3 Å². The Hall–Kier alpha value is -3.41. The van der Waals surface area contributed by atoms with E-state index in [1.165, 1.54) is 6.20 Å². The number of hydrogen-bond donors (Lipinski definition) is 1. The Morgan fingerprint density at radius 1 is 0.867 bits per heavy atom. The van der Waals surface area contributed by atoms with E-state index in [1.54, 1.807) is 36.5 Å². The van der Waals surface area contributed by atoms with Crippen molar-refractivity contribution in [2.45, 2.75) is 0 Å². The SMILES string of the molecule is O=c1[nH]c2cc(-c3cccc(Cl)c3Cl)ccc2c(=O)n1-c1cncc2ccccc12. The molecule has 2 aromatic heterocycles. The zero-order valence-corrected chi connectivity index (χ0v) is 16.9. The molecule has 0 aliphatic heterocycles.